The molecule has 0 radical (unpaired) electrons. The van der Waals surface area contributed by atoms with Gasteiger partial charge in [-0.15, -0.1) is 0 Å². The molecule has 182 valence electrons. The van der Waals surface area contributed by atoms with E-state index in [2.05, 4.69) is 21.2 Å². The van der Waals surface area contributed by atoms with E-state index in [0.717, 1.165) is 0 Å². The van der Waals surface area contributed by atoms with E-state index in [-0.39, 0.29) is 17.7 Å². The third kappa shape index (κ3) is 8.24. The van der Waals surface area contributed by atoms with Crippen molar-refractivity contribution >= 4 is 52.8 Å². The Balaban J connectivity index is 1.98. The first-order chi connectivity index (χ1) is 16.2. The van der Waals surface area contributed by atoms with E-state index in [9.17, 15) is 14.4 Å². The number of amides is 3. The highest BCUT2D eigenvalue weighted by Gasteiger charge is 2.15. The first-order valence-corrected chi connectivity index (χ1v) is 11.3. The summed E-state index contributed by atoms with van der Waals surface area (Å²) in [5.41, 5.74) is 3.12. The third-order valence-electron chi connectivity index (χ3n) is 4.43. The van der Waals surface area contributed by atoms with Crippen molar-refractivity contribution in [3.05, 3.63) is 52.0 Å². The van der Waals surface area contributed by atoms with Crippen LogP contribution in [-0.2, 0) is 14.4 Å². The lowest BCUT2D eigenvalue weighted by molar-refractivity contribution is -0.139. The number of hydrazone groups is 1. The van der Waals surface area contributed by atoms with Gasteiger partial charge in [0.1, 0.15) is 0 Å². The second kappa shape index (κ2) is 13.4. The molecule has 0 aliphatic carbocycles. The number of hydrogen-bond donors (Lipinski definition) is 3. The van der Waals surface area contributed by atoms with Crippen molar-refractivity contribution in [1.29, 1.82) is 0 Å². The molecule has 2 aromatic carbocycles. The van der Waals surface area contributed by atoms with E-state index < -0.39 is 17.7 Å². The number of ether oxygens (including phenoxy) is 2. The maximum atomic E-state index is 12.3. The van der Waals surface area contributed by atoms with Crippen molar-refractivity contribution in [2.24, 2.45) is 5.10 Å². The summed E-state index contributed by atoms with van der Waals surface area (Å²) in [6.07, 6.45) is 2.06. The molecule has 0 unspecified atom stereocenters. The van der Waals surface area contributed by atoms with Crippen molar-refractivity contribution in [2.45, 2.75) is 33.2 Å². The smallest absolute Gasteiger partial charge is 0.329 e. The van der Waals surface area contributed by atoms with Gasteiger partial charge in [-0.05, 0) is 56.2 Å². The van der Waals surface area contributed by atoms with Gasteiger partial charge in [0.05, 0.1) is 28.6 Å². The fourth-order valence-electron chi connectivity index (χ4n) is 2.53. The first-order valence-electron chi connectivity index (χ1n) is 10.5. The summed E-state index contributed by atoms with van der Waals surface area (Å²) in [6, 6.07) is 9.66. The van der Waals surface area contributed by atoms with Crippen LogP contribution in [0.4, 0.5) is 5.69 Å². The number of carbonyl (C=O) groups is 3. The van der Waals surface area contributed by atoms with E-state index in [0.29, 0.717) is 40.8 Å². The summed E-state index contributed by atoms with van der Waals surface area (Å²) in [4.78, 5) is 35.8. The Morgan fingerprint density at radius 1 is 1.06 bits per heavy atom. The van der Waals surface area contributed by atoms with E-state index in [1.807, 2.05) is 6.92 Å². The van der Waals surface area contributed by atoms with Crippen molar-refractivity contribution < 1.29 is 23.9 Å². The van der Waals surface area contributed by atoms with Gasteiger partial charge in [-0.3, -0.25) is 14.4 Å². The second-order valence-corrected chi connectivity index (χ2v) is 7.84. The van der Waals surface area contributed by atoms with Crippen molar-refractivity contribution in [1.82, 2.24) is 10.7 Å². The first kappa shape index (κ1) is 26.9. The average molecular weight is 509 g/mol. The van der Waals surface area contributed by atoms with Crippen molar-refractivity contribution in [3.8, 4) is 11.5 Å². The fourth-order valence-corrected chi connectivity index (χ4v) is 2.88. The molecule has 0 aliphatic rings. The van der Waals surface area contributed by atoms with Gasteiger partial charge in [-0.2, -0.15) is 5.10 Å². The summed E-state index contributed by atoms with van der Waals surface area (Å²) in [6.45, 7) is 5.55. The number of nitrogens with zero attached hydrogens (tertiary/aromatic N) is 1. The van der Waals surface area contributed by atoms with Crippen LogP contribution in [0.3, 0.4) is 0 Å². The fraction of sp³-hybridized carbons (Fsp3) is 0.304. The Hall–Kier alpha value is -3.30. The lowest BCUT2D eigenvalue weighted by atomic mass is 10.2. The van der Waals surface area contributed by atoms with Crippen LogP contribution in [0.1, 0.15) is 32.8 Å². The van der Waals surface area contributed by atoms with Gasteiger partial charge in [-0.1, -0.05) is 36.2 Å². The van der Waals surface area contributed by atoms with Crippen LogP contribution in [0.25, 0.3) is 0 Å². The molecule has 0 bridgehead atoms. The summed E-state index contributed by atoms with van der Waals surface area (Å²) >= 11 is 12.0. The van der Waals surface area contributed by atoms with Gasteiger partial charge in [-0.25, -0.2) is 5.43 Å². The predicted octanol–water partition coefficient (Wildman–Crippen LogP) is 3.77. The number of nitrogens with one attached hydrogen (secondary N) is 3. The minimum Gasteiger partial charge on any atom is -0.490 e. The summed E-state index contributed by atoms with van der Waals surface area (Å²) in [5.74, 6) is -1.35. The van der Waals surface area contributed by atoms with Crippen LogP contribution in [-0.4, -0.2) is 43.2 Å². The van der Waals surface area contributed by atoms with Crippen LogP contribution in [0.15, 0.2) is 41.5 Å². The molecule has 11 heteroatoms. The van der Waals surface area contributed by atoms with Crippen LogP contribution in [0.2, 0.25) is 10.0 Å². The lowest BCUT2D eigenvalue weighted by Crippen LogP contribution is -2.41. The summed E-state index contributed by atoms with van der Waals surface area (Å²) in [7, 11) is 0. The Morgan fingerprint density at radius 3 is 2.53 bits per heavy atom. The van der Waals surface area contributed by atoms with E-state index >= 15 is 0 Å². The van der Waals surface area contributed by atoms with E-state index in [1.54, 1.807) is 50.2 Å². The average Bonchev–Trinajstić information content (AvgIpc) is 2.81. The van der Waals surface area contributed by atoms with E-state index in [1.165, 1.54) is 6.21 Å². The molecule has 34 heavy (non-hydrogen) atoms. The topological polar surface area (TPSA) is 118 Å². The van der Waals surface area contributed by atoms with Gasteiger partial charge < -0.3 is 20.1 Å². The SMILES string of the molecule is CCOc1cc(/C=N\NC(=O)C(=O)N[C@H](C)CC)ccc1OCC(=O)Nc1cccc(Cl)c1Cl. The molecule has 3 N–H and O–H groups in total. The third-order valence-corrected chi connectivity index (χ3v) is 5.25. The van der Waals surface area contributed by atoms with Crippen molar-refractivity contribution in [3.63, 3.8) is 0 Å². The molecular weight excluding hydrogens is 483 g/mol. The normalized spacial score (nSPS) is 11.6. The number of hydrogen-bond acceptors (Lipinski definition) is 6. The van der Waals surface area contributed by atoms with Gasteiger partial charge >= 0.3 is 11.8 Å². The number of carbonyl (C=O) groups excluding carboxylic acids is 3. The zero-order valence-electron chi connectivity index (χ0n) is 19.0. The Morgan fingerprint density at radius 2 is 1.82 bits per heavy atom. The lowest BCUT2D eigenvalue weighted by Gasteiger charge is -2.13. The number of benzene rings is 2. The molecule has 0 saturated heterocycles. The Kier molecular flexibility index (Phi) is 10.6. The molecule has 0 fully saturated rings. The van der Waals surface area contributed by atoms with Crippen LogP contribution in [0.5, 0.6) is 11.5 Å². The molecule has 9 nitrogen and oxygen atoms in total. The van der Waals surface area contributed by atoms with Crippen LogP contribution in [0, 0.1) is 0 Å². The molecule has 0 spiro atoms. The minimum absolute atomic E-state index is 0.118. The Bertz CT molecular complexity index is 1060. The highest BCUT2D eigenvalue weighted by molar-refractivity contribution is 6.44. The molecular formula is C23H26Cl2N4O5. The van der Waals surface area contributed by atoms with Gasteiger partial charge in [0.2, 0.25) is 0 Å². The maximum absolute atomic E-state index is 12.3. The highest BCUT2D eigenvalue weighted by Crippen LogP contribution is 2.30. The highest BCUT2D eigenvalue weighted by atomic mass is 35.5. The second-order valence-electron chi connectivity index (χ2n) is 7.06. The number of anilines is 1. The largest absolute Gasteiger partial charge is 0.490 e. The molecule has 0 aromatic heterocycles. The van der Waals surface area contributed by atoms with Crippen molar-refractivity contribution in [2.75, 3.05) is 18.5 Å². The molecule has 2 rings (SSSR count). The maximum Gasteiger partial charge on any atom is 0.329 e. The van der Waals surface area contributed by atoms with Crippen LogP contribution < -0.4 is 25.5 Å². The zero-order chi connectivity index (χ0) is 25.1. The van der Waals surface area contributed by atoms with Gasteiger partial charge in [0.15, 0.2) is 18.1 Å². The predicted molar refractivity (Wildman–Crippen MR) is 132 cm³/mol. The number of halogens is 2. The summed E-state index contributed by atoms with van der Waals surface area (Å²) in [5, 5.41) is 9.53. The molecule has 3 amide bonds. The molecule has 2 aromatic rings. The standard InChI is InChI=1S/C23H26Cl2N4O5/c1-4-14(3)27-22(31)23(32)29-26-12-15-9-10-18(19(11-15)33-5-2)34-13-20(30)28-17-8-6-7-16(24)21(17)25/h6-12,14H,4-5,13H2,1-3H3,(H,27,31)(H,28,30)(H,29,32)/b26-12-/t14-/m1/s1. The quantitative estimate of drug-likeness (QED) is 0.256. The zero-order valence-corrected chi connectivity index (χ0v) is 20.5. The Labute approximate surface area is 207 Å². The monoisotopic (exact) mass is 508 g/mol. The minimum atomic E-state index is -0.868. The van der Waals surface area contributed by atoms with Crippen LogP contribution >= 0.6 is 23.2 Å². The van der Waals surface area contributed by atoms with Gasteiger partial charge in [0.25, 0.3) is 5.91 Å². The van der Waals surface area contributed by atoms with E-state index in [4.69, 9.17) is 32.7 Å². The molecule has 1 atom stereocenters. The number of rotatable bonds is 10. The molecule has 0 heterocycles. The summed E-state index contributed by atoms with van der Waals surface area (Å²) < 4.78 is 11.2. The molecule has 0 aliphatic heterocycles. The van der Waals surface area contributed by atoms with Gasteiger partial charge in [0, 0.05) is 6.04 Å². The molecule has 0 saturated carbocycles.